The van der Waals surface area contributed by atoms with Gasteiger partial charge in [0.15, 0.2) is 6.10 Å². The SMILES string of the molecule is C/C=C(\C)COc1ccc(-c2cnc(C)c([C@H](OC(C)(C)C)C(=O)O)c2N2CCC(C)(C)CC2)nc1. The largest absolute Gasteiger partial charge is 0.488 e. The van der Waals surface area contributed by atoms with Gasteiger partial charge in [-0.25, -0.2) is 4.79 Å². The van der Waals surface area contributed by atoms with Gasteiger partial charge in [-0.15, -0.1) is 0 Å². The molecular weight excluding hydrogens is 454 g/mol. The molecular formula is C29H41N3O4. The molecule has 36 heavy (non-hydrogen) atoms. The Bertz CT molecular complexity index is 1090. The second-order valence-electron chi connectivity index (χ2n) is 11.4. The monoisotopic (exact) mass is 495 g/mol. The van der Waals surface area contributed by atoms with Crippen LogP contribution in [0.3, 0.4) is 0 Å². The average Bonchev–Trinajstić information content (AvgIpc) is 2.81. The fraction of sp³-hybridized carbons (Fsp3) is 0.552. The van der Waals surface area contributed by atoms with Gasteiger partial charge in [0.2, 0.25) is 0 Å². The summed E-state index contributed by atoms with van der Waals surface area (Å²) in [6, 6.07) is 3.81. The van der Waals surface area contributed by atoms with Gasteiger partial charge in [0.1, 0.15) is 12.4 Å². The van der Waals surface area contributed by atoms with Crippen molar-refractivity contribution in [2.75, 3.05) is 24.6 Å². The van der Waals surface area contributed by atoms with E-state index in [0.29, 0.717) is 23.6 Å². The third kappa shape index (κ3) is 6.84. The number of allylic oxidation sites excluding steroid dienone is 1. The highest BCUT2D eigenvalue weighted by molar-refractivity contribution is 5.85. The number of pyridine rings is 2. The Morgan fingerprint density at radius 2 is 1.86 bits per heavy atom. The van der Waals surface area contributed by atoms with Crippen molar-refractivity contribution in [1.82, 2.24) is 9.97 Å². The van der Waals surface area contributed by atoms with Crippen LogP contribution in [-0.4, -0.2) is 46.3 Å². The Morgan fingerprint density at radius 3 is 2.39 bits per heavy atom. The Kier molecular flexibility index (Phi) is 8.44. The van der Waals surface area contributed by atoms with E-state index in [1.165, 1.54) is 0 Å². The molecule has 3 rings (SSSR count). The van der Waals surface area contributed by atoms with Crippen LogP contribution in [0.15, 0.2) is 36.2 Å². The topological polar surface area (TPSA) is 84.8 Å². The summed E-state index contributed by atoms with van der Waals surface area (Å²) < 4.78 is 11.9. The minimum absolute atomic E-state index is 0.245. The maximum atomic E-state index is 12.5. The van der Waals surface area contributed by atoms with E-state index in [1.807, 2.05) is 59.8 Å². The molecule has 2 aromatic heterocycles. The Balaban J connectivity index is 2.12. The van der Waals surface area contributed by atoms with E-state index >= 15 is 0 Å². The summed E-state index contributed by atoms with van der Waals surface area (Å²) >= 11 is 0. The highest BCUT2D eigenvalue weighted by atomic mass is 16.5. The minimum atomic E-state index is -1.14. The molecule has 7 heteroatoms. The van der Waals surface area contributed by atoms with Gasteiger partial charge < -0.3 is 19.5 Å². The molecule has 196 valence electrons. The lowest BCUT2D eigenvalue weighted by atomic mass is 9.82. The third-order valence-electron chi connectivity index (χ3n) is 6.65. The molecule has 1 aliphatic rings. The van der Waals surface area contributed by atoms with Gasteiger partial charge in [-0.05, 0) is 77.5 Å². The number of carboxylic acid groups (broad SMARTS) is 1. The van der Waals surface area contributed by atoms with E-state index in [1.54, 1.807) is 12.4 Å². The molecule has 1 aliphatic heterocycles. The van der Waals surface area contributed by atoms with Gasteiger partial charge in [0.25, 0.3) is 0 Å². The molecule has 0 bridgehead atoms. The third-order valence-corrected chi connectivity index (χ3v) is 6.65. The summed E-state index contributed by atoms with van der Waals surface area (Å²) in [7, 11) is 0. The molecule has 0 aromatic carbocycles. The molecule has 1 N–H and O–H groups in total. The summed E-state index contributed by atoms with van der Waals surface area (Å²) in [4.78, 5) is 24.1. The average molecular weight is 496 g/mol. The molecule has 0 radical (unpaired) electrons. The zero-order valence-corrected chi connectivity index (χ0v) is 23.0. The number of ether oxygens (including phenoxy) is 2. The second-order valence-corrected chi connectivity index (χ2v) is 11.4. The Hall–Kier alpha value is -2.93. The van der Waals surface area contributed by atoms with E-state index in [4.69, 9.17) is 9.47 Å². The fourth-order valence-corrected chi connectivity index (χ4v) is 4.28. The van der Waals surface area contributed by atoms with Gasteiger partial charge in [0, 0.05) is 36.1 Å². The van der Waals surface area contributed by atoms with Crippen LogP contribution < -0.4 is 9.64 Å². The molecule has 1 saturated heterocycles. The number of carbonyl (C=O) groups is 1. The number of hydrogen-bond donors (Lipinski definition) is 1. The van der Waals surface area contributed by atoms with E-state index in [0.717, 1.165) is 48.4 Å². The van der Waals surface area contributed by atoms with Crippen molar-refractivity contribution >= 4 is 11.7 Å². The predicted octanol–water partition coefficient (Wildman–Crippen LogP) is 6.36. The lowest BCUT2D eigenvalue weighted by Crippen LogP contribution is -2.39. The number of piperidine rings is 1. The van der Waals surface area contributed by atoms with Gasteiger partial charge in [-0.2, -0.15) is 0 Å². The number of rotatable bonds is 8. The fourth-order valence-electron chi connectivity index (χ4n) is 4.28. The van der Waals surface area contributed by atoms with Crippen LogP contribution in [0.25, 0.3) is 11.3 Å². The highest BCUT2D eigenvalue weighted by Gasteiger charge is 2.35. The molecule has 0 unspecified atom stereocenters. The van der Waals surface area contributed by atoms with Crippen LogP contribution in [0.4, 0.5) is 5.69 Å². The first-order valence-corrected chi connectivity index (χ1v) is 12.7. The van der Waals surface area contributed by atoms with E-state index in [2.05, 4.69) is 28.7 Å². The normalized spacial score (nSPS) is 17.1. The van der Waals surface area contributed by atoms with E-state index in [9.17, 15) is 9.90 Å². The second kappa shape index (κ2) is 11.0. The highest BCUT2D eigenvalue weighted by Crippen LogP contribution is 2.43. The predicted molar refractivity (Wildman–Crippen MR) is 144 cm³/mol. The first-order chi connectivity index (χ1) is 16.8. The minimum Gasteiger partial charge on any atom is -0.488 e. The number of aromatic nitrogens is 2. The molecule has 1 atom stereocenters. The molecule has 3 heterocycles. The Labute approximate surface area is 215 Å². The van der Waals surface area contributed by atoms with Crippen molar-refractivity contribution in [3.05, 3.63) is 47.4 Å². The van der Waals surface area contributed by atoms with Gasteiger partial charge >= 0.3 is 5.97 Å². The van der Waals surface area contributed by atoms with E-state index in [-0.39, 0.29) is 5.41 Å². The molecule has 1 fully saturated rings. The van der Waals surface area contributed by atoms with Crippen molar-refractivity contribution in [3.63, 3.8) is 0 Å². The summed E-state index contributed by atoms with van der Waals surface area (Å²) in [6.45, 7) is 18.2. The van der Waals surface area contributed by atoms with Crippen LogP contribution in [0.1, 0.15) is 78.7 Å². The number of hydrogen-bond acceptors (Lipinski definition) is 6. The van der Waals surface area contributed by atoms with Crippen LogP contribution in [-0.2, 0) is 9.53 Å². The molecule has 0 aliphatic carbocycles. The van der Waals surface area contributed by atoms with Crippen LogP contribution in [0, 0.1) is 12.3 Å². The van der Waals surface area contributed by atoms with Gasteiger partial charge in [-0.1, -0.05) is 19.9 Å². The quantitative estimate of drug-likeness (QED) is 0.426. The smallest absolute Gasteiger partial charge is 0.337 e. The van der Waals surface area contributed by atoms with Gasteiger partial charge in [-0.3, -0.25) is 9.97 Å². The van der Waals surface area contributed by atoms with Crippen molar-refractivity contribution in [3.8, 4) is 17.0 Å². The summed E-state index contributed by atoms with van der Waals surface area (Å²) in [5, 5.41) is 10.2. The zero-order valence-electron chi connectivity index (χ0n) is 23.0. The first-order valence-electron chi connectivity index (χ1n) is 12.7. The van der Waals surface area contributed by atoms with Crippen LogP contribution >= 0.6 is 0 Å². The summed E-state index contributed by atoms with van der Waals surface area (Å²) in [5.74, 6) is -0.345. The van der Waals surface area contributed by atoms with Crippen molar-refractivity contribution in [1.29, 1.82) is 0 Å². The van der Waals surface area contributed by atoms with Crippen molar-refractivity contribution < 1.29 is 19.4 Å². The first kappa shape index (κ1) is 27.7. The Morgan fingerprint density at radius 1 is 1.19 bits per heavy atom. The molecule has 2 aromatic rings. The van der Waals surface area contributed by atoms with Crippen molar-refractivity contribution in [2.24, 2.45) is 5.41 Å². The zero-order chi connectivity index (χ0) is 26.7. The standard InChI is InChI=1S/C29H41N3O4/c1-9-19(2)18-35-21-10-11-23(31-16-21)22-17-30-20(3)24(26(27(33)34)36-28(4,5)6)25(22)32-14-12-29(7,8)13-15-32/h9-11,16-17,26H,12-15,18H2,1-8H3,(H,33,34)/b19-9+/t26-/m0/s1. The maximum absolute atomic E-state index is 12.5. The number of aryl methyl sites for hydroxylation is 1. The summed E-state index contributed by atoms with van der Waals surface area (Å²) in [6.07, 6.45) is 6.41. The maximum Gasteiger partial charge on any atom is 0.337 e. The van der Waals surface area contributed by atoms with Gasteiger partial charge in [0.05, 0.1) is 23.2 Å². The van der Waals surface area contributed by atoms with Crippen LogP contribution in [0.5, 0.6) is 5.75 Å². The molecule has 0 saturated carbocycles. The lowest BCUT2D eigenvalue weighted by Gasteiger charge is -2.40. The summed E-state index contributed by atoms with van der Waals surface area (Å²) in [5.41, 5.74) is 4.36. The molecule has 0 amide bonds. The molecule has 0 spiro atoms. The number of aliphatic carboxylic acids is 1. The number of nitrogens with zero attached hydrogens (tertiary/aromatic N) is 3. The van der Waals surface area contributed by atoms with E-state index < -0.39 is 17.7 Å². The number of carboxylic acids is 1. The van der Waals surface area contributed by atoms with Crippen LogP contribution in [0.2, 0.25) is 0 Å². The lowest BCUT2D eigenvalue weighted by molar-refractivity contribution is -0.160. The molecule has 7 nitrogen and oxygen atoms in total. The number of anilines is 1. The van der Waals surface area contributed by atoms with Crippen molar-refractivity contribution in [2.45, 2.75) is 79.9 Å².